The van der Waals surface area contributed by atoms with Gasteiger partial charge in [0, 0.05) is 29.1 Å². The van der Waals surface area contributed by atoms with E-state index in [9.17, 15) is 0 Å². The number of piperidine rings is 1. The summed E-state index contributed by atoms with van der Waals surface area (Å²) in [5.41, 5.74) is 2.63. The van der Waals surface area contributed by atoms with E-state index in [1.165, 1.54) is 17.7 Å². The van der Waals surface area contributed by atoms with Gasteiger partial charge in [-0.25, -0.2) is 0 Å². The van der Waals surface area contributed by atoms with Crippen molar-refractivity contribution < 1.29 is 0 Å². The number of halogens is 2. The standard InChI is InChI=1S/C14H19BrClN/c1-10-5-11(2)9-17(8-10)14-4-3-13(16)6-12(14)7-15/h3-4,6,10-11H,5,7-9H2,1-2H3. The van der Waals surface area contributed by atoms with Gasteiger partial charge in [-0.05, 0) is 42.0 Å². The summed E-state index contributed by atoms with van der Waals surface area (Å²) in [5, 5.41) is 1.68. The van der Waals surface area contributed by atoms with Gasteiger partial charge in [0.1, 0.15) is 0 Å². The minimum Gasteiger partial charge on any atom is -0.371 e. The topological polar surface area (TPSA) is 3.24 Å². The molecule has 1 aromatic rings. The van der Waals surface area contributed by atoms with Gasteiger partial charge in [-0.2, -0.15) is 0 Å². The molecule has 0 saturated carbocycles. The van der Waals surface area contributed by atoms with Gasteiger partial charge in [0.05, 0.1) is 0 Å². The normalized spacial score (nSPS) is 25.1. The van der Waals surface area contributed by atoms with E-state index in [0.29, 0.717) is 0 Å². The van der Waals surface area contributed by atoms with Crippen LogP contribution in [0.15, 0.2) is 18.2 Å². The van der Waals surface area contributed by atoms with E-state index in [1.54, 1.807) is 0 Å². The fraction of sp³-hybridized carbons (Fsp3) is 0.571. The van der Waals surface area contributed by atoms with Gasteiger partial charge in [0.2, 0.25) is 0 Å². The number of anilines is 1. The Kier molecular flexibility index (Phi) is 4.37. The lowest BCUT2D eigenvalue weighted by molar-refractivity contribution is 0.356. The van der Waals surface area contributed by atoms with E-state index < -0.39 is 0 Å². The van der Waals surface area contributed by atoms with E-state index in [0.717, 1.165) is 35.3 Å². The van der Waals surface area contributed by atoms with Gasteiger partial charge in [0.25, 0.3) is 0 Å². The van der Waals surface area contributed by atoms with Crippen LogP contribution in [0.5, 0.6) is 0 Å². The van der Waals surface area contributed by atoms with Crippen LogP contribution in [0.1, 0.15) is 25.8 Å². The Labute approximate surface area is 117 Å². The van der Waals surface area contributed by atoms with Crippen LogP contribution in [0.25, 0.3) is 0 Å². The predicted octanol–water partition coefficient (Wildman–Crippen LogP) is 4.72. The lowest BCUT2D eigenvalue weighted by Gasteiger charge is -2.37. The van der Waals surface area contributed by atoms with Gasteiger partial charge >= 0.3 is 0 Å². The average molecular weight is 317 g/mol. The molecule has 1 aliphatic rings. The van der Waals surface area contributed by atoms with Crippen molar-refractivity contribution in [2.24, 2.45) is 11.8 Å². The summed E-state index contributed by atoms with van der Waals surface area (Å²) in [6.07, 6.45) is 1.34. The van der Waals surface area contributed by atoms with Crippen LogP contribution in [-0.4, -0.2) is 13.1 Å². The quantitative estimate of drug-likeness (QED) is 0.714. The summed E-state index contributed by atoms with van der Waals surface area (Å²) in [7, 11) is 0. The third-order valence-corrected chi connectivity index (χ3v) is 4.23. The molecule has 94 valence electrons. The monoisotopic (exact) mass is 315 g/mol. The molecule has 1 aromatic carbocycles. The predicted molar refractivity (Wildman–Crippen MR) is 79.2 cm³/mol. The Morgan fingerprint density at radius 2 is 1.94 bits per heavy atom. The van der Waals surface area contributed by atoms with Crippen LogP contribution in [0.2, 0.25) is 5.02 Å². The van der Waals surface area contributed by atoms with E-state index in [4.69, 9.17) is 11.6 Å². The molecule has 2 rings (SSSR count). The highest BCUT2D eigenvalue weighted by atomic mass is 79.9. The average Bonchev–Trinajstić information content (AvgIpc) is 2.27. The third kappa shape index (κ3) is 3.17. The van der Waals surface area contributed by atoms with Gasteiger partial charge in [0.15, 0.2) is 0 Å². The summed E-state index contributed by atoms with van der Waals surface area (Å²) < 4.78 is 0. The Morgan fingerprint density at radius 3 is 2.53 bits per heavy atom. The van der Waals surface area contributed by atoms with Crippen molar-refractivity contribution in [3.63, 3.8) is 0 Å². The molecule has 1 heterocycles. The van der Waals surface area contributed by atoms with E-state index in [2.05, 4.69) is 46.8 Å². The van der Waals surface area contributed by atoms with Crippen LogP contribution in [-0.2, 0) is 5.33 Å². The van der Waals surface area contributed by atoms with Crippen molar-refractivity contribution in [2.45, 2.75) is 25.6 Å². The fourth-order valence-electron chi connectivity index (χ4n) is 2.83. The highest BCUT2D eigenvalue weighted by Crippen LogP contribution is 2.31. The Bertz CT molecular complexity index is 384. The zero-order valence-electron chi connectivity index (χ0n) is 10.4. The molecular formula is C14H19BrClN. The SMILES string of the molecule is CC1CC(C)CN(c2ccc(Cl)cc2CBr)C1. The summed E-state index contributed by atoms with van der Waals surface area (Å²) in [5.74, 6) is 1.55. The minimum absolute atomic E-state index is 0.776. The van der Waals surface area contributed by atoms with Crippen molar-refractivity contribution in [1.29, 1.82) is 0 Å². The van der Waals surface area contributed by atoms with Crippen LogP contribution in [0, 0.1) is 11.8 Å². The molecule has 0 radical (unpaired) electrons. The zero-order valence-corrected chi connectivity index (χ0v) is 12.8. The second kappa shape index (κ2) is 5.62. The number of hydrogen-bond acceptors (Lipinski definition) is 1. The van der Waals surface area contributed by atoms with E-state index in [-0.39, 0.29) is 0 Å². The number of rotatable bonds is 2. The Balaban J connectivity index is 2.26. The van der Waals surface area contributed by atoms with Crippen molar-refractivity contribution in [3.05, 3.63) is 28.8 Å². The molecule has 1 aliphatic heterocycles. The number of benzene rings is 1. The molecule has 0 bridgehead atoms. The first kappa shape index (κ1) is 13.2. The van der Waals surface area contributed by atoms with Crippen molar-refractivity contribution >= 4 is 33.2 Å². The number of alkyl halides is 1. The molecule has 0 amide bonds. The molecule has 0 aromatic heterocycles. The highest BCUT2D eigenvalue weighted by Gasteiger charge is 2.23. The summed E-state index contributed by atoms with van der Waals surface area (Å²) >= 11 is 9.61. The number of nitrogens with zero attached hydrogens (tertiary/aromatic N) is 1. The zero-order chi connectivity index (χ0) is 12.4. The highest BCUT2D eigenvalue weighted by molar-refractivity contribution is 9.08. The molecule has 0 aliphatic carbocycles. The molecule has 0 spiro atoms. The first-order valence-electron chi connectivity index (χ1n) is 6.19. The fourth-order valence-corrected chi connectivity index (χ4v) is 3.47. The van der Waals surface area contributed by atoms with Gasteiger partial charge in [-0.1, -0.05) is 41.4 Å². The van der Waals surface area contributed by atoms with E-state index in [1.807, 2.05) is 6.07 Å². The molecule has 17 heavy (non-hydrogen) atoms. The maximum Gasteiger partial charge on any atom is 0.0410 e. The number of hydrogen-bond donors (Lipinski definition) is 0. The molecule has 0 N–H and O–H groups in total. The lowest BCUT2D eigenvalue weighted by Crippen LogP contribution is -2.39. The maximum absolute atomic E-state index is 6.05. The summed E-state index contributed by atoms with van der Waals surface area (Å²) in [4.78, 5) is 2.51. The summed E-state index contributed by atoms with van der Waals surface area (Å²) in [6.45, 7) is 7.00. The molecule has 3 heteroatoms. The van der Waals surface area contributed by atoms with Crippen molar-refractivity contribution in [2.75, 3.05) is 18.0 Å². The first-order valence-corrected chi connectivity index (χ1v) is 7.69. The van der Waals surface area contributed by atoms with Crippen LogP contribution in [0.3, 0.4) is 0 Å². The van der Waals surface area contributed by atoms with Crippen LogP contribution >= 0.6 is 27.5 Å². The van der Waals surface area contributed by atoms with Gasteiger partial charge < -0.3 is 4.90 Å². The molecule has 1 nitrogen and oxygen atoms in total. The molecule has 2 unspecified atom stereocenters. The largest absolute Gasteiger partial charge is 0.371 e. The molecule has 1 fully saturated rings. The Hall–Kier alpha value is -0.210. The Morgan fingerprint density at radius 1 is 1.29 bits per heavy atom. The molecular weight excluding hydrogens is 298 g/mol. The maximum atomic E-state index is 6.05. The second-order valence-corrected chi connectivity index (χ2v) is 6.25. The lowest BCUT2D eigenvalue weighted by atomic mass is 9.91. The van der Waals surface area contributed by atoms with Crippen molar-refractivity contribution in [1.82, 2.24) is 0 Å². The minimum atomic E-state index is 0.776. The molecule has 1 saturated heterocycles. The molecule has 2 atom stereocenters. The summed E-state index contributed by atoms with van der Waals surface area (Å²) in [6, 6.07) is 6.21. The smallest absolute Gasteiger partial charge is 0.0410 e. The van der Waals surface area contributed by atoms with Crippen LogP contribution < -0.4 is 4.90 Å². The van der Waals surface area contributed by atoms with Crippen LogP contribution in [0.4, 0.5) is 5.69 Å². The third-order valence-electron chi connectivity index (χ3n) is 3.40. The second-order valence-electron chi connectivity index (χ2n) is 5.26. The first-order chi connectivity index (χ1) is 8.10. The van der Waals surface area contributed by atoms with Gasteiger partial charge in [-0.15, -0.1) is 0 Å². The van der Waals surface area contributed by atoms with E-state index >= 15 is 0 Å². The van der Waals surface area contributed by atoms with Gasteiger partial charge in [-0.3, -0.25) is 0 Å². The van der Waals surface area contributed by atoms with Crippen molar-refractivity contribution in [3.8, 4) is 0 Å².